The van der Waals surface area contributed by atoms with Crippen molar-refractivity contribution in [3.05, 3.63) is 23.8 Å². The highest BCUT2D eigenvalue weighted by atomic mass is 16.5. The van der Waals surface area contributed by atoms with Gasteiger partial charge in [-0.3, -0.25) is 15.0 Å². The second kappa shape index (κ2) is 28.7. The van der Waals surface area contributed by atoms with Gasteiger partial charge in [-0.1, -0.05) is 129 Å². The molecule has 0 aromatic heterocycles. The summed E-state index contributed by atoms with van der Waals surface area (Å²) in [5, 5.41) is 14.0. The molecule has 0 radical (unpaired) electrons. The van der Waals surface area contributed by atoms with Crippen molar-refractivity contribution < 1.29 is 23.8 Å². The fourth-order valence-corrected chi connectivity index (χ4v) is 5.18. The Labute approximate surface area is 274 Å². The van der Waals surface area contributed by atoms with Crippen LogP contribution in [-0.2, 0) is 14.3 Å². The predicted molar refractivity (Wildman–Crippen MR) is 186 cm³/mol. The molecule has 2 amide bonds. The van der Waals surface area contributed by atoms with Gasteiger partial charge >= 0.3 is 0 Å². The van der Waals surface area contributed by atoms with E-state index in [0.29, 0.717) is 36.8 Å². The highest BCUT2D eigenvalue weighted by Crippen LogP contribution is 2.24. The zero-order valence-electron chi connectivity index (χ0n) is 29.0. The van der Waals surface area contributed by atoms with Crippen molar-refractivity contribution in [1.82, 2.24) is 10.6 Å². The van der Waals surface area contributed by atoms with Crippen LogP contribution in [0, 0.1) is 5.41 Å². The number of hydrogen-bond acceptors (Lipinski definition) is 6. The maximum absolute atomic E-state index is 12.4. The number of amides is 2. The molecule has 0 aliphatic rings. The van der Waals surface area contributed by atoms with E-state index in [-0.39, 0.29) is 30.9 Å². The molecule has 1 rings (SSSR count). The van der Waals surface area contributed by atoms with E-state index in [1.54, 1.807) is 18.2 Å². The highest BCUT2D eigenvalue weighted by molar-refractivity contribution is 5.92. The Bertz CT molecular complexity index is 848. The van der Waals surface area contributed by atoms with Crippen LogP contribution in [0.3, 0.4) is 0 Å². The Hall–Kier alpha value is -2.77. The molecule has 0 unspecified atom stereocenters. The average Bonchev–Trinajstić information content (AvgIpc) is 3.04. The van der Waals surface area contributed by atoms with Gasteiger partial charge in [-0.25, -0.2) is 0 Å². The molecule has 258 valence electrons. The maximum Gasteiger partial charge on any atom is 0.257 e. The third kappa shape index (κ3) is 23.3. The third-order valence-electron chi connectivity index (χ3n) is 7.88. The zero-order chi connectivity index (χ0) is 32.8. The topological polar surface area (TPSA) is 110 Å². The Morgan fingerprint density at radius 2 is 0.911 bits per heavy atom. The minimum Gasteiger partial charge on any atom is -0.484 e. The second-order valence-electron chi connectivity index (χ2n) is 12.1. The van der Waals surface area contributed by atoms with Gasteiger partial charge in [-0.15, -0.1) is 0 Å². The van der Waals surface area contributed by atoms with Crippen LogP contribution in [0.2, 0.25) is 0 Å². The van der Waals surface area contributed by atoms with Crippen molar-refractivity contribution in [3.8, 4) is 11.5 Å². The minimum absolute atomic E-state index is 0.0244. The molecule has 0 atom stereocenters. The normalized spacial score (nSPS) is 10.8. The quantitative estimate of drug-likeness (QED) is 0.0446. The first-order valence-corrected chi connectivity index (χ1v) is 18.2. The van der Waals surface area contributed by atoms with Crippen molar-refractivity contribution in [2.24, 2.45) is 0 Å². The number of ether oxygens (including phenoxy) is 3. The maximum atomic E-state index is 12.4. The lowest BCUT2D eigenvalue weighted by Crippen LogP contribution is -2.30. The molecule has 3 N–H and O–H groups in total. The summed E-state index contributed by atoms with van der Waals surface area (Å²) in [6, 6.07) is 4.92. The van der Waals surface area contributed by atoms with Crippen LogP contribution in [0.5, 0.6) is 11.5 Å². The molecular formula is C37H65N3O5. The number of benzene rings is 1. The summed E-state index contributed by atoms with van der Waals surface area (Å²) in [6.45, 7) is 7.65. The summed E-state index contributed by atoms with van der Waals surface area (Å²) in [7, 11) is 0. The minimum atomic E-state index is -0.190. The molecule has 0 fully saturated rings. The van der Waals surface area contributed by atoms with Crippen LogP contribution >= 0.6 is 0 Å². The summed E-state index contributed by atoms with van der Waals surface area (Å²) < 4.78 is 16.8. The van der Waals surface area contributed by atoms with Gasteiger partial charge < -0.3 is 24.8 Å². The van der Waals surface area contributed by atoms with Gasteiger partial charge in [0.2, 0.25) is 5.90 Å². The number of unbranched alkanes of at least 4 members (excludes halogenated alkanes) is 18. The summed E-state index contributed by atoms with van der Waals surface area (Å²) >= 11 is 0. The molecule has 0 heterocycles. The van der Waals surface area contributed by atoms with Crippen LogP contribution in [0.15, 0.2) is 18.2 Å². The van der Waals surface area contributed by atoms with Gasteiger partial charge in [-0.05, 0) is 31.9 Å². The summed E-state index contributed by atoms with van der Waals surface area (Å²) in [5.74, 6) is 0.359. The first kappa shape index (κ1) is 40.3. The number of rotatable bonds is 30. The summed E-state index contributed by atoms with van der Waals surface area (Å²) in [4.78, 5) is 24.7. The molecule has 1 aromatic rings. The van der Waals surface area contributed by atoms with E-state index >= 15 is 0 Å². The van der Waals surface area contributed by atoms with Crippen LogP contribution in [-0.4, -0.2) is 50.6 Å². The Morgan fingerprint density at radius 3 is 1.27 bits per heavy atom. The molecular weight excluding hydrogens is 566 g/mol. The van der Waals surface area contributed by atoms with Gasteiger partial charge in [0.15, 0.2) is 13.2 Å². The summed E-state index contributed by atoms with van der Waals surface area (Å²) in [6.07, 6.45) is 25.1. The van der Waals surface area contributed by atoms with Gasteiger partial charge in [0.05, 0.1) is 6.61 Å². The Kier molecular flexibility index (Phi) is 25.7. The van der Waals surface area contributed by atoms with E-state index < -0.39 is 0 Å². The largest absolute Gasteiger partial charge is 0.484 e. The number of carbonyl (C=O) groups excluding carboxylic acids is 2. The lowest BCUT2D eigenvalue weighted by Gasteiger charge is -2.13. The van der Waals surface area contributed by atoms with Crippen molar-refractivity contribution >= 4 is 17.7 Å². The van der Waals surface area contributed by atoms with Gasteiger partial charge in [0, 0.05) is 24.7 Å². The molecule has 0 aliphatic heterocycles. The molecule has 45 heavy (non-hydrogen) atoms. The van der Waals surface area contributed by atoms with Crippen LogP contribution in [0.4, 0.5) is 0 Å². The molecule has 1 aromatic carbocycles. The van der Waals surface area contributed by atoms with E-state index in [9.17, 15) is 9.59 Å². The van der Waals surface area contributed by atoms with E-state index in [1.165, 1.54) is 103 Å². The monoisotopic (exact) mass is 631 g/mol. The molecule has 0 saturated heterocycles. The van der Waals surface area contributed by atoms with Crippen LogP contribution in [0.1, 0.15) is 155 Å². The molecule has 0 spiro atoms. The first-order chi connectivity index (χ1) is 22.0. The Balaban J connectivity index is 2.33. The van der Waals surface area contributed by atoms with Crippen LogP contribution < -0.4 is 20.1 Å². The van der Waals surface area contributed by atoms with E-state index in [2.05, 4.69) is 24.5 Å². The SMILES string of the molecule is CCCCCCCCCCCCNC(=O)COc1cc(OCC(=O)NCCCCCCCCCCCC)cc(C(=N)OCC)c1. The number of nitrogens with one attached hydrogen (secondary N) is 3. The lowest BCUT2D eigenvalue weighted by molar-refractivity contribution is -0.123. The number of hydrogen-bond donors (Lipinski definition) is 3. The van der Waals surface area contributed by atoms with Gasteiger partial charge in [0.25, 0.3) is 11.8 Å². The van der Waals surface area contributed by atoms with E-state index in [1.807, 2.05) is 6.92 Å². The average molecular weight is 632 g/mol. The van der Waals surface area contributed by atoms with Crippen molar-refractivity contribution in [2.75, 3.05) is 32.9 Å². The predicted octanol–water partition coefficient (Wildman–Crippen LogP) is 8.88. The molecule has 8 nitrogen and oxygen atoms in total. The fraction of sp³-hybridized carbons (Fsp3) is 0.757. The smallest absolute Gasteiger partial charge is 0.257 e. The molecule has 8 heteroatoms. The standard InChI is InChI=1S/C37H65N3O5/c1-4-7-9-11-13-15-17-19-21-23-25-39-35(41)30-44-33-27-32(37(38)43-6-3)28-34(29-33)45-31-36(42)40-26-24-22-20-18-16-14-12-10-8-5-2/h27-29,38H,4-26,30-31H2,1-3H3,(H,39,41)(H,40,42). The lowest BCUT2D eigenvalue weighted by atomic mass is 10.1. The fourth-order valence-electron chi connectivity index (χ4n) is 5.18. The Morgan fingerprint density at radius 1 is 0.556 bits per heavy atom. The van der Waals surface area contributed by atoms with Crippen LogP contribution in [0.25, 0.3) is 0 Å². The zero-order valence-corrected chi connectivity index (χ0v) is 29.0. The third-order valence-corrected chi connectivity index (χ3v) is 7.88. The summed E-state index contributed by atoms with van der Waals surface area (Å²) in [5.41, 5.74) is 0.459. The second-order valence-corrected chi connectivity index (χ2v) is 12.1. The van der Waals surface area contributed by atoms with Gasteiger partial charge in [-0.2, -0.15) is 0 Å². The molecule has 0 aliphatic carbocycles. The molecule has 0 bridgehead atoms. The van der Waals surface area contributed by atoms with Crippen molar-refractivity contribution in [3.63, 3.8) is 0 Å². The molecule has 0 saturated carbocycles. The van der Waals surface area contributed by atoms with Gasteiger partial charge in [0.1, 0.15) is 11.5 Å². The van der Waals surface area contributed by atoms with Crippen molar-refractivity contribution in [2.45, 2.75) is 149 Å². The van der Waals surface area contributed by atoms with E-state index in [4.69, 9.17) is 19.6 Å². The number of carbonyl (C=O) groups is 2. The highest BCUT2D eigenvalue weighted by Gasteiger charge is 2.12. The first-order valence-electron chi connectivity index (χ1n) is 18.2. The van der Waals surface area contributed by atoms with E-state index in [0.717, 1.165) is 25.7 Å². The van der Waals surface area contributed by atoms with Crippen molar-refractivity contribution in [1.29, 1.82) is 5.41 Å².